The van der Waals surface area contributed by atoms with Crippen LogP contribution in [0.4, 0.5) is 4.79 Å². The van der Waals surface area contributed by atoms with Gasteiger partial charge < -0.3 is 34.3 Å². The molecule has 0 saturated heterocycles. The first-order valence-corrected chi connectivity index (χ1v) is 11.8. The van der Waals surface area contributed by atoms with Crippen molar-refractivity contribution in [3.63, 3.8) is 0 Å². The number of carbonyl (C=O) groups is 4. The number of nitrogens with one attached hydrogen (secondary N) is 2. The average molecular weight is 531 g/mol. The van der Waals surface area contributed by atoms with E-state index in [-0.39, 0.29) is 6.42 Å². The molecule has 0 bridgehead atoms. The second-order valence-corrected chi connectivity index (χ2v) is 9.26. The smallest absolute Gasteiger partial charge is 0.408 e. The van der Waals surface area contributed by atoms with Gasteiger partial charge in [-0.1, -0.05) is 12.1 Å². The van der Waals surface area contributed by atoms with Crippen molar-refractivity contribution in [1.29, 1.82) is 0 Å². The predicted molar refractivity (Wildman–Crippen MR) is 137 cm³/mol. The Bertz CT molecular complexity index is 1140. The van der Waals surface area contributed by atoms with Crippen LogP contribution in [0, 0.1) is 0 Å². The first-order chi connectivity index (χ1) is 17.9. The van der Waals surface area contributed by atoms with Crippen LogP contribution >= 0.6 is 0 Å². The quantitative estimate of drug-likeness (QED) is 0.350. The normalized spacial score (nSPS) is 12.4. The van der Waals surface area contributed by atoms with Crippen LogP contribution in [-0.4, -0.2) is 63.0 Å². The predicted octanol–water partition coefficient (Wildman–Crippen LogP) is 3.39. The van der Waals surface area contributed by atoms with Crippen LogP contribution in [0.15, 0.2) is 42.5 Å². The molecule has 38 heavy (non-hydrogen) atoms. The topological polar surface area (TPSA) is 138 Å². The van der Waals surface area contributed by atoms with Gasteiger partial charge in [0, 0.05) is 6.42 Å². The summed E-state index contributed by atoms with van der Waals surface area (Å²) >= 11 is 0. The van der Waals surface area contributed by atoms with E-state index in [0.717, 1.165) is 0 Å². The molecule has 11 nitrogen and oxygen atoms in total. The van der Waals surface area contributed by atoms with E-state index in [1.54, 1.807) is 57.2 Å². The Morgan fingerprint density at radius 3 is 2.08 bits per heavy atom. The molecule has 0 unspecified atom stereocenters. The lowest BCUT2D eigenvalue weighted by Crippen LogP contribution is -2.52. The van der Waals surface area contributed by atoms with Gasteiger partial charge in [0.1, 0.15) is 23.4 Å². The summed E-state index contributed by atoms with van der Waals surface area (Å²) in [6.07, 6.45) is -0.679. The van der Waals surface area contributed by atoms with Gasteiger partial charge in [0.15, 0.2) is 11.5 Å². The van der Waals surface area contributed by atoms with E-state index in [1.165, 1.54) is 34.3 Å². The van der Waals surface area contributed by atoms with E-state index < -0.39 is 41.6 Å². The highest BCUT2D eigenvalue weighted by atomic mass is 16.6. The van der Waals surface area contributed by atoms with E-state index in [1.807, 2.05) is 0 Å². The maximum Gasteiger partial charge on any atom is 0.408 e. The van der Waals surface area contributed by atoms with E-state index in [4.69, 9.17) is 18.9 Å². The molecule has 0 radical (unpaired) electrons. The van der Waals surface area contributed by atoms with Gasteiger partial charge in [-0.3, -0.25) is 4.79 Å². The highest BCUT2D eigenvalue weighted by Gasteiger charge is 2.27. The number of alkyl carbamates (subject to hydrolysis) is 1. The number of carbonyl (C=O) groups excluding carboxylic acids is 4. The molecule has 0 spiro atoms. The van der Waals surface area contributed by atoms with Gasteiger partial charge in [-0.25, -0.2) is 14.4 Å². The third-order valence-corrected chi connectivity index (χ3v) is 5.10. The summed E-state index contributed by atoms with van der Waals surface area (Å²) in [5.74, 6) is -0.560. The number of amides is 2. The molecule has 2 aromatic rings. The SMILES string of the molecule is COC(=O)c1ccc(OC)c(Oc2ccc(C[C@@H](NC(=O)OC(C)(C)C)C(=O)N[C@H](C)C(=O)OC)cc2)c1. The Hall–Kier alpha value is -4.28. The number of methoxy groups -OCH3 is 3. The molecule has 0 heterocycles. The second kappa shape index (κ2) is 13.3. The first-order valence-electron chi connectivity index (χ1n) is 11.8. The summed E-state index contributed by atoms with van der Waals surface area (Å²) in [5, 5.41) is 5.09. The van der Waals surface area contributed by atoms with Gasteiger partial charge in [0.05, 0.1) is 26.9 Å². The minimum Gasteiger partial charge on any atom is -0.493 e. The van der Waals surface area contributed by atoms with Crippen LogP contribution in [-0.2, 0) is 30.2 Å². The number of esters is 2. The minimum absolute atomic E-state index is 0.0976. The van der Waals surface area contributed by atoms with Crippen LogP contribution in [0.3, 0.4) is 0 Å². The lowest BCUT2D eigenvalue weighted by molar-refractivity contribution is -0.144. The zero-order valence-electron chi connectivity index (χ0n) is 22.6. The molecule has 2 atom stereocenters. The Morgan fingerprint density at radius 2 is 1.53 bits per heavy atom. The summed E-state index contributed by atoms with van der Waals surface area (Å²) in [5.41, 5.74) is 0.216. The number of rotatable bonds is 10. The molecular formula is C27H34N2O9. The number of ether oxygens (including phenoxy) is 5. The molecule has 0 aliphatic rings. The summed E-state index contributed by atoms with van der Waals surface area (Å²) in [6, 6.07) is 9.47. The fourth-order valence-corrected chi connectivity index (χ4v) is 3.27. The van der Waals surface area contributed by atoms with Crippen molar-refractivity contribution in [3.05, 3.63) is 53.6 Å². The number of hydrogen-bond donors (Lipinski definition) is 2. The summed E-state index contributed by atoms with van der Waals surface area (Å²) in [6.45, 7) is 6.59. The fraction of sp³-hybridized carbons (Fsp3) is 0.407. The Morgan fingerprint density at radius 1 is 0.868 bits per heavy atom. The van der Waals surface area contributed by atoms with Crippen molar-refractivity contribution in [2.24, 2.45) is 0 Å². The minimum atomic E-state index is -1.04. The van der Waals surface area contributed by atoms with Gasteiger partial charge >= 0.3 is 18.0 Å². The van der Waals surface area contributed by atoms with Gasteiger partial charge in [-0.15, -0.1) is 0 Å². The lowest BCUT2D eigenvalue weighted by Gasteiger charge is -2.24. The summed E-state index contributed by atoms with van der Waals surface area (Å²) in [4.78, 5) is 48.9. The molecule has 2 aromatic carbocycles. The number of hydrogen-bond acceptors (Lipinski definition) is 9. The van der Waals surface area contributed by atoms with E-state index >= 15 is 0 Å². The molecule has 206 valence electrons. The lowest BCUT2D eigenvalue weighted by atomic mass is 10.0. The van der Waals surface area contributed by atoms with Crippen molar-refractivity contribution in [1.82, 2.24) is 10.6 Å². The molecule has 2 N–H and O–H groups in total. The molecule has 0 aliphatic heterocycles. The summed E-state index contributed by atoms with van der Waals surface area (Å²) in [7, 11) is 3.98. The standard InChI is InChI=1S/C27H34N2O9/c1-16(24(31)35-6)28-23(30)20(29-26(33)38-27(2,3)4)14-17-8-11-19(12-9-17)37-22-15-18(25(32)36-7)10-13-21(22)34-5/h8-13,15-16,20H,14H2,1-7H3,(H,28,30)(H,29,33)/t16-,20-/m1/s1. The summed E-state index contributed by atoms with van der Waals surface area (Å²) < 4.78 is 25.9. The molecule has 0 saturated carbocycles. The molecular weight excluding hydrogens is 496 g/mol. The second-order valence-electron chi connectivity index (χ2n) is 9.26. The fourth-order valence-electron chi connectivity index (χ4n) is 3.27. The maximum atomic E-state index is 12.9. The molecule has 0 aliphatic carbocycles. The van der Waals surface area contributed by atoms with Gasteiger partial charge in [0.25, 0.3) is 0 Å². The van der Waals surface area contributed by atoms with E-state index in [2.05, 4.69) is 15.4 Å². The zero-order valence-corrected chi connectivity index (χ0v) is 22.6. The molecule has 2 amide bonds. The monoisotopic (exact) mass is 530 g/mol. The highest BCUT2D eigenvalue weighted by molar-refractivity contribution is 5.90. The number of benzene rings is 2. The Kier molecular flexibility index (Phi) is 10.5. The van der Waals surface area contributed by atoms with Crippen molar-refractivity contribution in [2.45, 2.75) is 51.8 Å². The average Bonchev–Trinajstić information content (AvgIpc) is 2.87. The highest BCUT2D eigenvalue weighted by Crippen LogP contribution is 2.32. The third kappa shape index (κ3) is 8.99. The molecule has 0 fully saturated rings. The van der Waals surface area contributed by atoms with E-state index in [0.29, 0.717) is 28.4 Å². The first kappa shape index (κ1) is 29.9. The Balaban J connectivity index is 2.21. The van der Waals surface area contributed by atoms with Crippen LogP contribution in [0.25, 0.3) is 0 Å². The van der Waals surface area contributed by atoms with Crippen LogP contribution in [0.5, 0.6) is 17.2 Å². The van der Waals surface area contributed by atoms with Crippen molar-refractivity contribution >= 4 is 23.9 Å². The largest absolute Gasteiger partial charge is 0.493 e. The maximum absolute atomic E-state index is 12.9. The molecule has 11 heteroatoms. The van der Waals surface area contributed by atoms with Crippen molar-refractivity contribution < 1.29 is 42.9 Å². The third-order valence-electron chi connectivity index (χ3n) is 5.10. The van der Waals surface area contributed by atoms with Crippen LogP contribution in [0.2, 0.25) is 0 Å². The van der Waals surface area contributed by atoms with Crippen LogP contribution < -0.4 is 20.1 Å². The Labute approximate surface area is 221 Å². The van der Waals surface area contributed by atoms with Gasteiger partial charge in [-0.2, -0.15) is 0 Å². The van der Waals surface area contributed by atoms with Gasteiger partial charge in [-0.05, 0) is 63.6 Å². The zero-order chi connectivity index (χ0) is 28.5. The van der Waals surface area contributed by atoms with Crippen LogP contribution in [0.1, 0.15) is 43.6 Å². The molecule has 0 aromatic heterocycles. The van der Waals surface area contributed by atoms with Crippen molar-refractivity contribution in [3.8, 4) is 17.2 Å². The molecule has 2 rings (SSSR count). The van der Waals surface area contributed by atoms with Gasteiger partial charge in [0.2, 0.25) is 5.91 Å². The van der Waals surface area contributed by atoms with E-state index in [9.17, 15) is 19.2 Å². The van der Waals surface area contributed by atoms with Crippen molar-refractivity contribution in [2.75, 3.05) is 21.3 Å².